The fourth-order valence-corrected chi connectivity index (χ4v) is 5.55. The summed E-state index contributed by atoms with van der Waals surface area (Å²) in [4.78, 5) is 11.7. The highest BCUT2D eigenvalue weighted by Gasteiger charge is 2.48. The van der Waals surface area contributed by atoms with Gasteiger partial charge in [-0.2, -0.15) is 0 Å². The monoisotopic (exact) mass is 473 g/mol. The fraction of sp³-hybridized carbons (Fsp3) is 0.600. The Balaban J connectivity index is 1.27. The van der Waals surface area contributed by atoms with Crippen LogP contribution >= 0.6 is 0 Å². The van der Waals surface area contributed by atoms with Crippen molar-refractivity contribution in [2.75, 3.05) is 38.0 Å². The summed E-state index contributed by atoms with van der Waals surface area (Å²) in [6.07, 6.45) is 9.63. The predicted molar refractivity (Wildman–Crippen MR) is 128 cm³/mol. The first-order valence-corrected chi connectivity index (χ1v) is 13.7. The van der Waals surface area contributed by atoms with Gasteiger partial charge in [-0.25, -0.2) is 18.4 Å². The van der Waals surface area contributed by atoms with Crippen molar-refractivity contribution in [1.29, 1.82) is 0 Å². The average Bonchev–Trinajstić information content (AvgIpc) is 3.62. The van der Waals surface area contributed by atoms with Crippen LogP contribution in [0.2, 0.25) is 0 Å². The lowest BCUT2D eigenvalue weighted by molar-refractivity contribution is -0.0280. The van der Waals surface area contributed by atoms with Crippen molar-refractivity contribution in [2.45, 2.75) is 50.2 Å². The topological polar surface area (TPSA) is 81.6 Å². The number of ether oxygens (including phenoxy) is 2. The second kappa shape index (κ2) is 10.5. The van der Waals surface area contributed by atoms with Crippen molar-refractivity contribution in [3.05, 3.63) is 47.8 Å². The van der Waals surface area contributed by atoms with Crippen molar-refractivity contribution >= 4 is 15.8 Å². The Morgan fingerprint density at radius 2 is 1.76 bits per heavy atom. The van der Waals surface area contributed by atoms with Gasteiger partial charge in [-0.05, 0) is 66.7 Å². The molecule has 4 rings (SSSR count). The normalized spacial score (nSPS) is 22.3. The van der Waals surface area contributed by atoms with E-state index >= 15 is 0 Å². The number of benzene rings is 1. The van der Waals surface area contributed by atoms with Gasteiger partial charge in [0.1, 0.15) is 0 Å². The molecule has 1 aromatic carbocycles. The van der Waals surface area contributed by atoms with Crippen LogP contribution in [0.25, 0.3) is 0 Å². The number of piperidine rings is 1. The van der Waals surface area contributed by atoms with E-state index in [0.29, 0.717) is 35.9 Å². The third-order valence-electron chi connectivity index (χ3n) is 7.04. The Morgan fingerprint density at radius 3 is 2.33 bits per heavy atom. The standard InChI is InChI=1S/C25H35N3O4S/c1-4-18-14-26-25(27-15-18)28-11-9-20(10-12-28)22-13-23(22)24(17-31-2)32-16-19-5-7-21(8-6-19)33(3,29)30/h5-8,14-15,20,22-24H,4,9-13,16-17H2,1-3H3/t22-,23-,24+/m1/s1. The van der Waals surface area contributed by atoms with Crippen LogP contribution in [0.1, 0.15) is 37.3 Å². The number of aromatic nitrogens is 2. The summed E-state index contributed by atoms with van der Waals surface area (Å²) in [7, 11) is -1.46. The number of methoxy groups -OCH3 is 1. The van der Waals surface area contributed by atoms with Crippen LogP contribution in [0.5, 0.6) is 0 Å². The van der Waals surface area contributed by atoms with E-state index in [9.17, 15) is 8.42 Å². The van der Waals surface area contributed by atoms with Gasteiger partial charge in [0.05, 0.1) is 24.2 Å². The molecule has 0 amide bonds. The zero-order valence-corrected chi connectivity index (χ0v) is 20.6. The zero-order chi connectivity index (χ0) is 23.4. The molecule has 7 nitrogen and oxygen atoms in total. The summed E-state index contributed by atoms with van der Waals surface area (Å²) in [6, 6.07) is 6.95. The highest BCUT2D eigenvalue weighted by atomic mass is 32.2. The van der Waals surface area contributed by atoms with E-state index in [4.69, 9.17) is 9.47 Å². The maximum absolute atomic E-state index is 11.6. The molecule has 1 aliphatic carbocycles. The molecule has 1 aliphatic heterocycles. The van der Waals surface area contributed by atoms with Crippen LogP contribution in [0, 0.1) is 17.8 Å². The molecule has 2 aromatic rings. The van der Waals surface area contributed by atoms with E-state index in [1.807, 2.05) is 24.5 Å². The maximum atomic E-state index is 11.6. The molecule has 2 aliphatic rings. The number of anilines is 1. The SMILES string of the molecule is CCc1cnc(N2CCC([C@H]3C[C@H]3[C@H](COC)OCc3ccc(S(C)(=O)=O)cc3)CC2)nc1. The summed E-state index contributed by atoms with van der Waals surface area (Å²) in [5, 5.41) is 0. The average molecular weight is 474 g/mol. The second-order valence-electron chi connectivity index (χ2n) is 9.35. The Labute approximate surface area is 197 Å². The van der Waals surface area contributed by atoms with E-state index in [2.05, 4.69) is 21.8 Å². The third-order valence-corrected chi connectivity index (χ3v) is 8.17. The molecule has 8 heteroatoms. The van der Waals surface area contributed by atoms with Gasteiger partial charge < -0.3 is 14.4 Å². The Bertz CT molecular complexity index is 1000. The number of nitrogens with zero attached hydrogens (tertiary/aromatic N) is 3. The molecule has 2 heterocycles. The summed E-state index contributed by atoms with van der Waals surface area (Å²) in [5.41, 5.74) is 2.15. The van der Waals surface area contributed by atoms with Crippen molar-refractivity contribution in [1.82, 2.24) is 9.97 Å². The predicted octanol–water partition coefficient (Wildman–Crippen LogP) is 3.53. The van der Waals surface area contributed by atoms with Crippen LogP contribution in [0.3, 0.4) is 0 Å². The van der Waals surface area contributed by atoms with Gasteiger partial charge in [0.25, 0.3) is 0 Å². The van der Waals surface area contributed by atoms with E-state index in [-0.39, 0.29) is 6.10 Å². The van der Waals surface area contributed by atoms with Crippen molar-refractivity contribution in [3.63, 3.8) is 0 Å². The number of hydrogen-bond donors (Lipinski definition) is 0. The van der Waals surface area contributed by atoms with Crippen molar-refractivity contribution < 1.29 is 17.9 Å². The van der Waals surface area contributed by atoms with Crippen molar-refractivity contribution in [3.8, 4) is 0 Å². The van der Waals surface area contributed by atoms with E-state index in [1.54, 1.807) is 19.2 Å². The van der Waals surface area contributed by atoms with Gasteiger partial charge in [-0.3, -0.25) is 0 Å². The minimum Gasteiger partial charge on any atom is -0.382 e. The van der Waals surface area contributed by atoms with Crippen LogP contribution in [0.4, 0.5) is 5.95 Å². The quantitative estimate of drug-likeness (QED) is 0.522. The lowest BCUT2D eigenvalue weighted by Crippen LogP contribution is -2.36. The minimum atomic E-state index is -3.18. The molecule has 0 spiro atoms. The van der Waals surface area contributed by atoms with Gasteiger partial charge in [0, 0.05) is 38.8 Å². The van der Waals surface area contributed by atoms with Crippen LogP contribution in [0.15, 0.2) is 41.6 Å². The summed E-state index contributed by atoms with van der Waals surface area (Å²) in [5.74, 6) is 2.76. The molecule has 1 saturated heterocycles. The minimum absolute atomic E-state index is 0.0672. The molecule has 0 radical (unpaired) electrons. The number of sulfone groups is 1. The van der Waals surface area contributed by atoms with E-state index in [0.717, 1.165) is 43.9 Å². The van der Waals surface area contributed by atoms with Gasteiger partial charge in [0.2, 0.25) is 5.95 Å². The first-order valence-electron chi connectivity index (χ1n) is 11.8. The van der Waals surface area contributed by atoms with Gasteiger partial charge >= 0.3 is 0 Å². The summed E-state index contributed by atoms with van der Waals surface area (Å²) >= 11 is 0. The Kier molecular flexibility index (Phi) is 7.66. The molecule has 33 heavy (non-hydrogen) atoms. The maximum Gasteiger partial charge on any atom is 0.225 e. The Morgan fingerprint density at radius 1 is 1.09 bits per heavy atom. The molecule has 0 bridgehead atoms. The molecular weight excluding hydrogens is 438 g/mol. The zero-order valence-electron chi connectivity index (χ0n) is 19.8. The summed E-state index contributed by atoms with van der Waals surface area (Å²) in [6.45, 7) is 5.17. The molecular formula is C25H35N3O4S. The van der Waals surface area contributed by atoms with Gasteiger partial charge in [-0.1, -0.05) is 19.1 Å². The largest absolute Gasteiger partial charge is 0.382 e. The van der Waals surface area contributed by atoms with Crippen molar-refractivity contribution in [2.24, 2.45) is 17.8 Å². The first kappa shape index (κ1) is 24.1. The molecule has 180 valence electrons. The first-order chi connectivity index (χ1) is 15.9. The number of aryl methyl sites for hydroxylation is 1. The molecule has 3 atom stereocenters. The molecule has 1 aromatic heterocycles. The lowest BCUT2D eigenvalue weighted by Gasteiger charge is -2.32. The van der Waals surface area contributed by atoms with E-state index < -0.39 is 9.84 Å². The highest BCUT2D eigenvalue weighted by molar-refractivity contribution is 7.90. The molecule has 1 saturated carbocycles. The van der Waals surface area contributed by atoms with E-state index in [1.165, 1.54) is 18.2 Å². The number of rotatable bonds is 10. The van der Waals surface area contributed by atoms with Crippen LogP contribution in [-0.2, 0) is 32.3 Å². The number of hydrogen-bond acceptors (Lipinski definition) is 7. The smallest absolute Gasteiger partial charge is 0.225 e. The van der Waals surface area contributed by atoms with Crippen LogP contribution < -0.4 is 4.90 Å². The molecule has 2 fully saturated rings. The lowest BCUT2D eigenvalue weighted by atomic mass is 9.90. The van der Waals surface area contributed by atoms with Gasteiger partial charge in [-0.15, -0.1) is 0 Å². The van der Waals surface area contributed by atoms with Crippen LogP contribution in [-0.4, -0.2) is 57.6 Å². The second-order valence-corrected chi connectivity index (χ2v) is 11.4. The summed E-state index contributed by atoms with van der Waals surface area (Å²) < 4.78 is 35.0. The Hall–Kier alpha value is -2.03. The highest BCUT2D eigenvalue weighted by Crippen LogP contribution is 2.50. The molecule has 0 N–H and O–H groups in total. The third kappa shape index (κ3) is 6.11. The van der Waals surface area contributed by atoms with Gasteiger partial charge in [0.15, 0.2) is 9.84 Å². The molecule has 0 unspecified atom stereocenters. The fourth-order valence-electron chi connectivity index (χ4n) is 4.92.